The lowest BCUT2D eigenvalue weighted by Crippen LogP contribution is -2.40. The van der Waals surface area contributed by atoms with Crippen molar-refractivity contribution in [3.05, 3.63) is 58.7 Å². The number of carbonyl (C=O) groups is 2. The number of anilines is 2. The zero-order chi connectivity index (χ0) is 24.6. The molecule has 1 saturated carbocycles. The van der Waals surface area contributed by atoms with Crippen molar-refractivity contribution in [3.63, 3.8) is 0 Å². The molecule has 1 heterocycles. The maximum Gasteiger partial charge on any atom is 0.417 e. The van der Waals surface area contributed by atoms with Gasteiger partial charge in [-0.1, -0.05) is 12.8 Å². The summed E-state index contributed by atoms with van der Waals surface area (Å²) in [6, 6.07) is 9.08. The van der Waals surface area contributed by atoms with E-state index in [1.807, 2.05) is 0 Å². The van der Waals surface area contributed by atoms with Gasteiger partial charge in [0.05, 0.1) is 41.5 Å². The normalized spacial score (nSPS) is 20.2. The third-order valence-corrected chi connectivity index (χ3v) is 6.46. The topological polar surface area (TPSA) is 73.6 Å². The van der Waals surface area contributed by atoms with E-state index in [1.165, 1.54) is 11.0 Å². The number of esters is 1. The third-order valence-electron chi connectivity index (χ3n) is 6.46. The van der Waals surface area contributed by atoms with E-state index >= 15 is 0 Å². The number of halogens is 3. The maximum absolute atomic E-state index is 13.6. The molecule has 9 heteroatoms. The largest absolute Gasteiger partial charge is 0.462 e. The van der Waals surface area contributed by atoms with Crippen LogP contribution in [0.4, 0.5) is 29.3 Å². The zero-order valence-corrected chi connectivity index (χ0v) is 18.9. The molecule has 1 aliphatic carbocycles. The van der Waals surface area contributed by atoms with Crippen molar-refractivity contribution in [3.8, 4) is 6.07 Å². The van der Waals surface area contributed by atoms with Gasteiger partial charge in [0, 0.05) is 11.4 Å². The minimum Gasteiger partial charge on any atom is -0.462 e. The molecule has 2 amide bonds. The molecule has 0 aromatic heterocycles. The second kappa shape index (κ2) is 9.01. The number of alkyl halides is 3. The molecular formula is C25H24F3N3O3. The molecule has 2 fully saturated rings. The first kappa shape index (κ1) is 23.6. The second-order valence-corrected chi connectivity index (χ2v) is 8.50. The molecule has 2 aromatic rings. The lowest BCUT2D eigenvalue weighted by molar-refractivity contribution is -0.137. The van der Waals surface area contributed by atoms with Crippen LogP contribution in [0.5, 0.6) is 0 Å². The number of hydrogen-bond acceptors (Lipinski definition) is 4. The Balaban J connectivity index is 1.75. The average molecular weight is 471 g/mol. The van der Waals surface area contributed by atoms with Crippen LogP contribution in [-0.4, -0.2) is 30.7 Å². The van der Waals surface area contributed by atoms with Crippen LogP contribution in [0.1, 0.15) is 59.7 Å². The van der Waals surface area contributed by atoms with E-state index in [2.05, 4.69) is 0 Å². The van der Waals surface area contributed by atoms with Crippen molar-refractivity contribution in [1.82, 2.24) is 0 Å². The van der Waals surface area contributed by atoms with Crippen molar-refractivity contribution < 1.29 is 27.5 Å². The summed E-state index contributed by atoms with van der Waals surface area (Å²) in [5.41, 5.74) is 0.213. The van der Waals surface area contributed by atoms with Crippen LogP contribution in [0.25, 0.3) is 0 Å². The molecule has 1 aliphatic heterocycles. The van der Waals surface area contributed by atoms with E-state index in [9.17, 15) is 22.8 Å². The van der Waals surface area contributed by atoms with E-state index in [-0.39, 0.29) is 24.4 Å². The summed E-state index contributed by atoms with van der Waals surface area (Å²) >= 11 is 0. The van der Waals surface area contributed by atoms with Gasteiger partial charge in [-0.05, 0) is 68.7 Å². The molecule has 34 heavy (non-hydrogen) atoms. The first-order valence-electron chi connectivity index (χ1n) is 11.2. The number of fused-ring (bicyclic) bond motifs is 1. The van der Waals surface area contributed by atoms with Crippen LogP contribution in [0.2, 0.25) is 0 Å². The van der Waals surface area contributed by atoms with Gasteiger partial charge in [0.1, 0.15) is 0 Å². The number of hydrogen-bond donors (Lipinski definition) is 0. The Hall–Kier alpha value is -3.54. The summed E-state index contributed by atoms with van der Waals surface area (Å²) in [5.74, 6) is -0.450. The number of carbonyl (C=O) groups excluding carboxylic acids is 2. The van der Waals surface area contributed by atoms with Gasteiger partial charge >= 0.3 is 18.2 Å². The maximum atomic E-state index is 13.6. The molecule has 1 saturated heterocycles. The van der Waals surface area contributed by atoms with Crippen molar-refractivity contribution in [2.45, 2.75) is 57.8 Å². The molecule has 6 nitrogen and oxygen atoms in total. The van der Waals surface area contributed by atoms with Gasteiger partial charge < -0.3 is 4.74 Å². The minimum atomic E-state index is -4.71. The fourth-order valence-corrected chi connectivity index (χ4v) is 4.95. The molecule has 0 spiro atoms. The molecule has 2 aromatic carbocycles. The summed E-state index contributed by atoms with van der Waals surface area (Å²) in [4.78, 5) is 28.8. The molecule has 2 atom stereocenters. The van der Waals surface area contributed by atoms with Crippen LogP contribution in [-0.2, 0) is 10.9 Å². The standard InChI is InChI=1S/C25H24F3N3O3/c1-3-34-23(32)19-11-10-17(12-15(19)2)30-21-6-4-5-7-22(21)31(24(30)33)18-9-8-16(14-29)20(13-18)25(26,27)28/h8-13,21-22H,3-7H2,1-2H3. The highest BCUT2D eigenvalue weighted by atomic mass is 19.4. The highest BCUT2D eigenvalue weighted by Gasteiger charge is 2.48. The predicted molar refractivity (Wildman–Crippen MR) is 120 cm³/mol. The number of urea groups is 1. The van der Waals surface area contributed by atoms with E-state index in [0.717, 1.165) is 25.0 Å². The Morgan fingerprint density at radius 3 is 2.21 bits per heavy atom. The molecule has 0 bridgehead atoms. The van der Waals surface area contributed by atoms with Gasteiger partial charge in [-0.25, -0.2) is 9.59 Å². The monoisotopic (exact) mass is 471 g/mol. The number of ether oxygens (including phenoxy) is 1. The molecule has 4 rings (SSSR count). The molecule has 2 unspecified atom stereocenters. The molecular weight excluding hydrogens is 447 g/mol. The minimum absolute atomic E-state index is 0.121. The number of nitriles is 1. The van der Waals surface area contributed by atoms with Gasteiger partial charge in [0.2, 0.25) is 0 Å². The number of benzene rings is 2. The van der Waals surface area contributed by atoms with Crippen LogP contribution in [0, 0.1) is 18.3 Å². The zero-order valence-electron chi connectivity index (χ0n) is 18.9. The van der Waals surface area contributed by atoms with Crippen LogP contribution in [0.15, 0.2) is 36.4 Å². The van der Waals surface area contributed by atoms with E-state index < -0.39 is 29.3 Å². The summed E-state index contributed by atoms with van der Waals surface area (Å²) < 4.78 is 45.8. The van der Waals surface area contributed by atoms with Gasteiger partial charge in [-0.2, -0.15) is 18.4 Å². The second-order valence-electron chi connectivity index (χ2n) is 8.50. The van der Waals surface area contributed by atoms with E-state index in [1.54, 1.807) is 43.0 Å². The van der Waals surface area contributed by atoms with E-state index in [0.29, 0.717) is 29.7 Å². The van der Waals surface area contributed by atoms with Crippen molar-refractivity contribution >= 4 is 23.4 Å². The van der Waals surface area contributed by atoms with Gasteiger partial charge in [0.15, 0.2) is 0 Å². The van der Waals surface area contributed by atoms with Crippen molar-refractivity contribution in [1.29, 1.82) is 5.26 Å². The number of amides is 2. The Morgan fingerprint density at radius 2 is 1.68 bits per heavy atom. The smallest absolute Gasteiger partial charge is 0.417 e. The van der Waals surface area contributed by atoms with E-state index in [4.69, 9.17) is 10.00 Å². The van der Waals surface area contributed by atoms with Crippen molar-refractivity contribution in [2.75, 3.05) is 16.4 Å². The van der Waals surface area contributed by atoms with Crippen LogP contribution in [0.3, 0.4) is 0 Å². The first-order valence-corrected chi connectivity index (χ1v) is 11.2. The third kappa shape index (κ3) is 4.09. The van der Waals surface area contributed by atoms with Gasteiger partial charge in [0.25, 0.3) is 0 Å². The fourth-order valence-electron chi connectivity index (χ4n) is 4.95. The highest BCUT2D eigenvalue weighted by Crippen LogP contribution is 2.42. The SMILES string of the molecule is CCOC(=O)c1ccc(N2C(=O)N(c3ccc(C#N)c(C(F)(F)F)c3)C3CCCCC32)cc1C. The fraction of sp³-hybridized carbons (Fsp3) is 0.400. The number of rotatable bonds is 4. The van der Waals surface area contributed by atoms with Gasteiger partial charge in [-0.15, -0.1) is 0 Å². The lowest BCUT2D eigenvalue weighted by Gasteiger charge is -2.32. The van der Waals surface area contributed by atoms with Crippen LogP contribution >= 0.6 is 0 Å². The van der Waals surface area contributed by atoms with Gasteiger partial charge in [-0.3, -0.25) is 9.80 Å². The predicted octanol–water partition coefficient (Wildman–Crippen LogP) is 5.82. The summed E-state index contributed by atoms with van der Waals surface area (Å²) in [6.45, 7) is 3.71. The molecule has 2 aliphatic rings. The highest BCUT2D eigenvalue weighted by molar-refractivity contribution is 6.08. The summed E-state index contributed by atoms with van der Waals surface area (Å²) in [5, 5.41) is 9.12. The number of aryl methyl sites for hydroxylation is 1. The Morgan fingerprint density at radius 1 is 1.09 bits per heavy atom. The Labute approximate surface area is 195 Å². The Bertz CT molecular complexity index is 1170. The Kier molecular flexibility index (Phi) is 6.26. The molecule has 178 valence electrons. The lowest BCUT2D eigenvalue weighted by atomic mass is 9.89. The number of nitrogens with zero attached hydrogens (tertiary/aromatic N) is 3. The average Bonchev–Trinajstić information content (AvgIpc) is 3.09. The quantitative estimate of drug-likeness (QED) is 0.527. The first-order chi connectivity index (χ1) is 16.2. The van der Waals surface area contributed by atoms with Crippen LogP contribution < -0.4 is 9.80 Å². The molecule has 0 N–H and O–H groups in total. The van der Waals surface area contributed by atoms with Crippen molar-refractivity contribution in [2.24, 2.45) is 0 Å². The molecule has 0 radical (unpaired) electrons. The summed E-state index contributed by atoms with van der Waals surface area (Å²) in [6.07, 6.45) is -1.57. The summed E-state index contributed by atoms with van der Waals surface area (Å²) in [7, 11) is 0.